The van der Waals surface area contributed by atoms with E-state index in [1.54, 1.807) is 12.1 Å². The lowest BCUT2D eigenvalue weighted by Gasteiger charge is -2.35. The number of carbonyl (C=O) groups is 1. The summed E-state index contributed by atoms with van der Waals surface area (Å²) in [5.41, 5.74) is 4.35. The molecule has 0 aliphatic carbocycles. The molecule has 2 N–H and O–H groups in total. The van der Waals surface area contributed by atoms with E-state index < -0.39 is 0 Å². The predicted molar refractivity (Wildman–Crippen MR) is 111 cm³/mol. The van der Waals surface area contributed by atoms with Crippen LogP contribution in [-0.2, 0) is 4.79 Å². The normalized spacial score (nSPS) is 15.2. The van der Waals surface area contributed by atoms with Crippen LogP contribution in [0.5, 0.6) is 5.75 Å². The van der Waals surface area contributed by atoms with Gasteiger partial charge in [0.1, 0.15) is 5.75 Å². The number of aromatic hydroxyl groups is 1. The number of phenolic OH excluding ortho intramolecular Hbond substituents is 1. The summed E-state index contributed by atoms with van der Waals surface area (Å²) in [5, 5.41) is 12.6. The number of benzene rings is 2. The Bertz CT molecular complexity index is 779. The van der Waals surface area contributed by atoms with Gasteiger partial charge in [-0.2, -0.15) is 0 Å². The first kappa shape index (κ1) is 19.2. The average Bonchev–Trinajstić information content (AvgIpc) is 2.64. The van der Waals surface area contributed by atoms with Crippen LogP contribution in [-0.4, -0.2) is 48.6 Å². The number of aryl methyl sites for hydroxylation is 1. The Morgan fingerprint density at radius 1 is 1.07 bits per heavy atom. The molecule has 0 unspecified atom stereocenters. The highest BCUT2D eigenvalue weighted by Crippen LogP contribution is 2.27. The average molecular weight is 367 g/mol. The number of amides is 1. The van der Waals surface area contributed by atoms with E-state index in [-0.39, 0.29) is 11.7 Å². The largest absolute Gasteiger partial charge is 0.508 e. The Hall–Kier alpha value is -2.53. The Morgan fingerprint density at radius 3 is 2.37 bits per heavy atom. The first-order valence-electron chi connectivity index (χ1n) is 9.59. The van der Waals surface area contributed by atoms with E-state index in [2.05, 4.69) is 35.0 Å². The van der Waals surface area contributed by atoms with Gasteiger partial charge < -0.3 is 15.3 Å². The number of hydrogen-bond acceptors (Lipinski definition) is 4. The van der Waals surface area contributed by atoms with Crippen LogP contribution in [0.3, 0.4) is 0 Å². The van der Waals surface area contributed by atoms with Crippen LogP contribution in [0.25, 0.3) is 0 Å². The molecule has 2 aromatic rings. The SMILES string of the molecule is Cc1cccc(C(C)C)c1NC(=O)CN1CCN(c2ccc(O)cc2)CC1. The van der Waals surface area contributed by atoms with Gasteiger partial charge >= 0.3 is 0 Å². The van der Waals surface area contributed by atoms with Crippen molar-refractivity contribution in [3.8, 4) is 5.75 Å². The second-order valence-corrected chi connectivity index (χ2v) is 7.52. The maximum absolute atomic E-state index is 12.6. The van der Waals surface area contributed by atoms with Crippen molar-refractivity contribution in [1.82, 2.24) is 4.90 Å². The fourth-order valence-corrected chi connectivity index (χ4v) is 3.55. The Kier molecular flexibility index (Phi) is 6.01. The lowest BCUT2D eigenvalue weighted by atomic mass is 9.98. The zero-order valence-corrected chi connectivity index (χ0v) is 16.4. The molecule has 0 radical (unpaired) electrons. The van der Waals surface area contributed by atoms with Crippen LogP contribution in [0.1, 0.15) is 30.9 Å². The van der Waals surface area contributed by atoms with Gasteiger partial charge in [-0.25, -0.2) is 0 Å². The van der Waals surface area contributed by atoms with Crippen molar-refractivity contribution in [1.29, 1.82) is 0 Å². The molecule has 0 aromatic heterocycles. The van der Waals surface area contributed by atoms with Gasteiger partial charge in [-0.05, 0) is 48.2 Å². The molecule has 144 valence electrons. The van der Waals surface area contributed by atoms with E-state index in [4.69, 9.17) is 0 Å². The summed E-state index contributed by atoms with van der Waals surface area (Å²) in [5.74, 6) is 0.698. The maximum atomic E-state index is 12.6. The molecule has 27 heavy (non-hydrogen) atoms. The third-order valence-corrected chi connectivity index (χ3v) is 5.15. The number of phenols is 1. The third kappa shape index (κ3) is 4.80. The summed E-state index contributed by atoms with van der Waals surface area (Å²) in [6, 6.07) is 13.5. The molecule has 0 bridgehead atoms. The smallest absolute Gasteiger partial charge is 0.238 e. The highest BCUT2D eigenvalue weighted by atomic mass is 16.3. The number of rotatable bonds is 5. The molecule has 2 aromatic carbocycles. The van der Waals surface area contributed by atoms with Gasteiger partial charge in [-0.15, -0.1) is 0 Å². The molecule has 0 saturated carbocycles. The zero-order valence-electron chi connectivity index (χ0n) is 16.4. The number of nitrogens with one attached hydrogen (secondary N) is 1. The molecule has 5 heteroatoms. The Balaban J connectivity index is 1.55. The minimum atomic E-state index is 0.0456. The van der Waals surface area contributed by atoms with Gasteiger partial charge in [0, 0.05) is 37.6 Å². The Morgan fingerprint density at radius 2 is 1.74 bits per heavy atom. The van der Waals surface area contributed by atoms with Gasteiger partial charge in [0.25, 0.3) is 0 Å². The second-order valence-electron chi connectivity index (χ2n) is 7.52. The standard InChI is InChI=1S/C22H29N3O2/c1-16(2)20-6-4-5-17(3)22(20)23-21(27)15-24-11-13-25(14-12-24)18-7-9-19(26)10-8-18/h4-10,16,26H,11-15H2,1-3H3,(H,23,27). The monoisotopic (exact) mass is 367 g/mol. The predicted octanol–water partition coefficient (Wildman–Crippen LogP) is 3.58. The number of para-hydroxylation sites is 1. The molecule has 1 saturated heterocycles. The molecule has 3 rings (SSSR count). The van der Waals surface area contributed by atoms with Gasteiger partial charge in [-0.3, -0.25) is 9.69 Å². The summed E-state index contributed by atoms with van der Waals surface area (Å²) < 4.78 is 0. The Labute approximate surface area is 161 Å². The molecule has 1 heterocycles. The van der Waals surface area contributed by atoms with Crippen molar-refractivity contribution >= 4 is 17.3 Å². The van der Waals surface area contributed by atoms with E-state index >= 15 is 0 Å². The quantitative estimate of drug-likeness (QED) is 0.848. The number of nitrogens with zero attached hydrogens (tertiary/aromatic N) is 2. The minimum absolute atomic E-state index is 0.0456. The molecule has 5 nitrogen and oxygen atoms in total. The minimum Gasteiger partial charge on any atom is -0.508 e. The van der Waals surface area contributed by atoms with Gasteiger partial charge in [0.2, 0.25) is 5.91 Å². The number of anilines is 2. The van der Waals surface area contributed by atoms with Crippen molar-refractivity contribution in [3.63, 3.8) is 0 Å². The van der Waals surface area contributed by atoms with Gasteiger partial charge in [0.15, 0.2) is 0 Å². The van der Waals surface area contributed by atoms with E-state index in [1.165, 1.54) is 5.56 Å². The number of piperazine rings is 1. The molecule has 1 fully saturated rings. The van der Waals surface area contributed by atoms with Crippen LogP contribution >= 0.6 is 0 Å². The lowest BCUT2D eigenvalue weighted by molar-refractivity contribution is -0.117. The molecule has 0 spiro atoms. The molecule has 1 amide bonds. The molecule has 1 aliphatic rings. The summed E-state index contributed by atoms with van der Waals surface area (Å²) in [6.45, 7) is 10.2. The highest BCUT2D eigenvalue weighted by molar-refractivity contribution is 5.94. The van der Waals surface area contributed by atoms with E-state index in [1.807, 2.05) is 31.2 Å². The zero-order chi connectivity index (χ0) is 19.4. The van der Waals surface area contributed by atoms with Crippen LogP contribution in [0.2, 0.25) is 0 Å². The fourth-order valence-electron chi connectivity index (χ4n) is 3.55. The first-order valence-corrected chi connectivity index (χ1v) is 9.59. The summed E-state index contributed by atoms with van der Waals surface area (Å²) >= 11 is 0. The van der Waals surface area contributed by atoms with Gasteiger partial charge in [0.05, 0.1) is 6.54 Å². The molecular weight excluding hydrogens is 338 g/mol. The van der Waals surface area contributed by atoms with Crippen LogP contribution < -0.4 is 10.2 Å². The first-order chi connectivity index (χ1) is 12.9. The lowest BCUT2D eigenvalue weighted by Crippen LogP contribution is -2.48. The van der Waals surface area contributed by atoms with Crippen molar-refractivity contribution in [2.24, 2.45) is 0 Å². The maximum Gasteiger partial charge on any atom is 0.238 e. The van der Waals surface area contributed by atoms with Crippen molar-refractivity contribution in [2.45, 2.75) is 26.7 Å². The molecule has 1 aliphatic heterocycles. The van der Waals surface area contributed by atoms with E-state index in [9.17, 15) is 9.90 Å². The summed E-state index contributed by atoms with van der Waals surface area (Å²) in [7, 11) is 0. The van der Waals surface area contributed by atoms with Crippen molar-refractivity contribution in [3.05, 3.63) is 53.6 Å². The summed E-state index contributed by atoms with van der Waals surface area (Å²) in [6.07, 6.45) is 0. The van der Waals surface area contributed by atoms with Crippen LogP contribution in [0, 0.1) is 6.92 Å². The topological polar surface area (TPSA) is 55.8 Å². The van der Waals surface area contributed by atoms with E-state index in [0.717, 1.165) is 43.1 Å². The molecule has 0 atom stereocenters. The van der Waals surface area contributed by atoms with Crippen molar-refractivity contribution < 1.29 is 9.90 Å². The third-order valence-electron chi connectivity index (χ3n) is 5.15. The number of carbonyl (C=O) groups excluding carboxylic acids is 1. The van der Waals surface area contributed by atoms with Gasteiger partial charge in [-0.1, -0.05) is 32.0 Å². The summed E-state index contributed by atoms with van der Waals surface area (Å²) in [4.78, 5) is 17.1. The highest BCUT2D eigenvalue weighted by Gasteiger charge is 2.20. The van der Waals surface area contributed by atoms with Crippen molar-refractivity contribution in [2.75, 3.05) is 42.9 Å². The van der Waals surface area contributed by atoms with Crippen LogP contribution in [0.15, 0.2) is 42.5 Å². The number of hydrogen-bond donors (Lipinski definition) is 2. The molecular formula is C22H29N3O2. The van der Waals surface area contributed by atoms with E-state index in [0.29, 0.717) is 12.5 Å². The van der Waals surface area contributed by atoms with Crippen LogP contribution in [0.4, 0.5) is 11.4 Å². The fraction of sp³-hybridized carbons (Fsp3) is 0.409. The second kappa shape index (κ2) is 8.44.